The Morgan fingerprint density at radius 1 is 1.33 bits per heavy atom. The molecule has 5 nitrogen and oxygen atoms in total. The topological polar surface area (TPSA) is 72.6 Å². The van der Waals surface area contributed by atoms with E-state index in [4.69, 9.17) is 10.5 Å². The predicted molar refractivity (Wildman–Crippen MR) is 82.9 cm³/mol. The van der Waals surface area contributed by atoms with Gasteiger partial charge in [0.1, 0.15) is 5.75 Å². The van der Waals surface area contributed by atoms with E-state index in [-0.39, 0.29) is 0 Å². The molecule has 0 aliphatic carbocycles. The van der Waals surface area contributed by atoms with Gasteiger partial charge in [-0.15, -0.1) is 0 Å². The van der Waals surface area contributed by atoms with Gasteiger partial charge in [-0.3, -0.25) is 0 Å². The number of aryl methyl sites for hydroxylation is 1. The van der Waals surface area contributed by atoms with Gasteiger partial charge < -0.3 is 10.5 Å². The fraction of sp³-hybridized carbons (Fsp3) is 0.600. The Morgan fingerprint density at radius 3 is 2.52 bits per heavy atom. The van der Waals surface area contributed by atoms with Gasteiger partial charge in [-0.1, -0.05) is 0 Å². The van der Waals surface area contributed by atoms with Crippen molar-refractivity contribution in [3.63, 3.8) is 0 Å². The summed E-state index contributed by atoms with van der Waals surface area (Å²) >= 11 is 0. The van der Waals surface area contributed by atoms with E-state index in [0.29, 0.717) is 37.1 Å². The standard InChI is InChI=1S/C15H24N2O3S/c1-3-20-15-5-4-14(10-12(15)2)21(18,19)17-8-6-13(11-16)7-9-17/h4-5,10,13H,3,6-9,11,16H2,1-2H3. The average molecular weight is 312 g/mol. The van der Waals surface area contributed by atoms with Gasteiger partial charge in [0.05, 0.1) is 11.5 Å². The molecule has 0 amide bonds. The van der Waals surface area contributed by atoms with Gasteiger partial charge in [-0.2, -0.15) is 4.31 Å². The molecular weight excluding hydrogens is 288 g/mol. The lowest BCUT2D eigenvalue weighted by Crippen LogP contribution is -2.40. The lowest BCUT2D eigenvalue weighted by Gasteiger charge is -2.30. The monoisotopic (exact) mass is 312 g/mol. The second-order valence-corrected chi connectivity index (χ2v) is 7.38. The van der Waals surface area contributed by atoms with Gasteiger partial charge in [0, 0.05) is 13.1 Å². The van der Waals surface area contributed by atoms with Crippen molar-refractivity contribution in [3.8, 4) is 5.75 Å². The number of hydrogen-bond acceptors (Lipinski definition) is 4. The van der Waals surface area contributed by atoms with Crippen molar-refractivity contribution in [1.29, 1.82) is 0 Å². The maximum absolute atomic E-state index is 12.7. The first-order valence-corrected chi connectivity index (χ1v) is 8.86. The Balaban J connectivity index is 2.18. The number of piperidine rings is 1. The van der Waals surface area contributed by atoms with Gasteiger partial charge in [0.15, 0.2) is 0 Å². The highest BCUT2D eigenvalue weighted by molar-refractivity contribution is 7.89. The normalized spacial score (nSPS) is 17.9. The van der Waals surface area contributed by atoms with Crippen LogP contribution in [-0.4, -0.2) is 39.0 Å². The molecule has 1 aromatic rings. The number of benzene rings is 1. The van der Waals surface area contributed by atoms with Crippen LogP contribution in [0.25, 0.3) is 0 Å². The summed E-state index contributed by atoms with van der Waals surface area (Å²) in [6, 6.07) is 5.05. The predicted octanol–water partition coefficient (Wildman–Crippen LogP) is 1.75. The van der Waals surface area contributed by atoms with Crippen LogP contribution in [0.4, 0.5) is 0 Å². The van der Waals surface area contributed by atoms with Crippen LogP contribution >= 0.6 is 0 Å². The number of ether oxygens (including phenoxy) is 1. The Labute approximate surface area is 127 Å². The molecule has 0 radical (unpaired) electrons. The molecule has 1 fully saturated rings. The summed E-state index contributed by atoms with van der Waals surface area (Å²) in [5.74, 6) is 1.18. The Bertz CT molecular complexity index is 579. The third-order valence-corrected chi connectivity index (χ3v) is 5.89. The first-order chi connectivity index (χ1) is 9.98. The van der Waals surface area contributed by atoms with E-state index in [1.807, 2.05) is 13.8 Å². The summed E-state index contributed by atoms with van der Waals surface area (Å²) in [6.07, 6.45) is 1.68. The highest BCUT2D eigenvalue weighted by Gasteiger charge is 2.29. The molecule has 1 aliphatic rings. The number of nitrogens with two attached hydrogens (primary N) is 1. The molecule has 0 aromatic heterocycles. The molecule has 1 saturated heterocycles. The van der Waals surface area contributed by atoms with E-state index < -0.39 is 10.0 Å². The van der Waals surface area contributed by atoms with Crippen LogP contribution in [0.2, 0.25) is 0 Å². The number of hydrogen-bond donors (Lipinski definition) is 1. The molecular formula is C15H24N2O3S. The lowest BCUT2D eigenvalue weighted by atomic mass is 9.99. The van der Waals surface area contributed by atoms with Gasteiger partial charge in [-0.25, -0.2) is 8.42 Å². The summed E-state index contributed by atoms with van der Waals surface area (Å²) in [4.78, 5) is 0.342. The van der Waals surface area contributed by atoms with Gasteiger partial charge >= 0.3 is 0 Å². The van der Waals surface area contributed by atoms with Crippen LogP contribution in [0.1, 0.15) is 25.3 Å². The highest BCUT2D eigenvalue weighted by Crippen LogP contribution is 2.27. The molecule has 0 spiro atoms. The third kappa shape index (κ3) is 3.56. The fourth-order valence-corrected chi connectivity index (χ4v) is 4.19. The lowest BCUT2D eigenvalue weighted by molar-refractivity contribution is 0.278. The summed E-state index contributed by atoms with van der Waals surface area (Å²) < 4.78 is 32.3. The van der Waals surface area contributed by atoms with Crippen molar-refractivity contribution >= 4 is 10.0 Å². The smallest absolute Gasteiger partial charge is 0.243 e. The summed E-state index contributed by atoms with van der Waals surface area (Å²) in [6.45, 7) is 6.08. The Kier molecular flexibility index (Phi) is 5.24. The first kappa shape index (κ1) is 16.3. The maximum Gasteiger partial charge on any atom is 0.243 e. The van der Waals surface area contributed by atoms with E-state index in [0.717, 1.165) is 24.2 Å². The second-order valence-electron chi connectivity index (χ2n) is 5.44. The zero-order valence-electron chi connectivity index (χ0n) is 12.7. The molecule has 0 bridgehead atoms. The van der Waals surface area contributed by atoms with E-state index in [1.165, 1.54) is 0 Å². The zero-order valence-corrected chi connectivity index (χ0v) is 13.5. The molecule has 2 rings (SSSR count). The quantitative estimate of drug-likeness (QED) is 0.899. The van der Waals surface area contributed by atoms with Gasteiger partial charge in [0.25, 0.3) is 0 Å². The second kappa shape index (κ2) is 6.77. The van der Waals surface area contributed by atoms with E-state index in [1.54, 1.807) is 22.5 Å². The van der Waals surface area contributed by atoms with Crippen LogP contribution < -0.4 is 10.5 Å². The molecule has 0 atom stereocenters. The van der Waals surface area contributed by atoms with E-state index >= 15 is 0 Å². The number of rotatable bonds is 5. The number of sulfonamides is 1. The van der Waals surface area contributed by atoms with Crippen LogP contribution in [-0.2, 0) is 10.0 Å². The van der Waals surface area contributed by atoms with Crippen molar-refractivity contribution in [2.75, 3.05) is 26.2 Å². The molecule has 118 valence electrons. The zero-order chi connectivity index (χ0) is 15.5. The van der Waals surface area contributed by atoms with Crippen LogP contribution in [0.3, 0.4) is 0 Å². The van der Waals surface area contributed by atoms with Crippen molar-refractivity contribution < 1.29 is 13.2 Å². The van der Waals surface area contributed by atoms with Crippen LogP contribution in [0.5, 0.6) is 5.75 Å². The molecule has 21 heavy (non-hydrogen) atoms. The van der Waals surface area contributed by atoms with Crippen molar-refractivity contribution in [2.24, 2.45) is 11.7 Å². The molecule has 0 saturated carbocycles. The minimum absolute atomic E-state index is 0.342. The molecule has 1 heterocycles. The highest BCUT2D eigenvalue weighted by atomic mass is 32.2. The molecule has 1 aromatic carbocycles. The molecule has 2 N–H and O–H groups in total. The van der Waals surface area contributed by atoms with E-state index in [9.17, 15) is 8.42 Å². The van der Waals surface area contributed by atoms with Gasteiger partial charge in [0.2, 0.25) is 10.0 Å². The van der Waals surface area contributed by atoms with Crippen molar-refractivity contribution in [1.82, 2.24) is 4.31 Å². The van der Waals surface area contributed by atoms with Crippen LogP contribution in [0, 0.1) is 12.8 Å². The Morgan fingerprint density at radius 2 is 2.00 bits per heavy atom. The molecule has 1 aliphatic heterocycles. The molecule has 6 heteroatoms. The maximum atomic E-state index is 12.7. The van der Waals surface area contributed by atoms with Gasteiger partial charge in [-0.05, 0) is 62.9 Å². The molecule has 0 unspecified atom stereocenters. The summed E-state index contributed by atoms with van der Waals surface area (Å²) in [7, 11) is -3.41. The van der Waals surface area contributed by atoms with Crippen molar-refractivity contribution in [3.05, 3.63) is 23.8 Å². The SMILES string of the molecule is CCOc1ccc(S(=O)(=O)N2CCC(CN)CC2)cc1C. The third-order valence-electron chi connectivity index (χ3n) is 3.99. The Hall–Kier alpha value is -1.11. The van der Waals surface area contributed by atoms with Crippen molar-refractivity contribution in [2.45, 2.75) is 31.6 Å². The summed E-state index contributed by atoms with van der Waals surface area (Å²) in [5.41, 5.74) is 6.49. The minimum atomic E-state index is -3.41. The minimum Gasteiger partial charge on any atom is -0.494 e. The fourth-order valence-electron chi connectivity index (χ4n) is 2.63. The first-order valence-electron chi connectivity index (χ1n) is 7.42. The number of nitrogens with zero attached hydrogens (tertiary/aromatic N) is 1. The van der Waals surface area contributed by atoms with Crippen LogP contribution in [0.15, 0.2) is 23.1 Å². The average Bonchev–Trinajstić information content (AvgIpc) is 2.49. The largest absolute Gasteiger partial charge is 0.494 e. The van der Waals surface area contributed by atoms with E-state index in [2.05, 4.69) is 0 Å². The summed E-state index contributed by atoms with van der Waals surface area (Å²) in [5, 5.41) is 0.